The summed E-state index contributed by atoms with van der Waals surface area (Å²) < 4.78 is 5.44. The molecule has 1 heterocycles. The van der Waals surface area contributed by atoms with Gasteiger partial charge in [0.25, 0.3) is 0 Å². The number of hydrogen-bond acceptors (Lipinski definition) is 3. The maximum Gasteiger partial charge on any atom is 0.0572 e. The minimum Gasteiger partial charge on any atom is -0.381 e. The van der Waals surface area contributed by atoms with Crippen molar-refractivity contribution in [3.63, 3.8) is 0 Å². The van der Waals surface area contributed by atoms with E-state index in [1.165, 1.54) is 38.8 Å². The first kappa shape index (κ1) is 12.3. The van der Waals surface area contributed by atoms with Crippen LogP contribution in [0.2, 0.25) is 0 Å². The van der Waals surface area contributed by atoms with Gasteiger partial charge in [-0.1, -0.05) is 0 Å². The highest BCUT2D eigenvalue weighted by molar-refractivity contribution is 4.87. The van der Waals surface area contributed by atoms with Crippen molar-refractivity contribution in [2.45, 2.75) is 63.8 Å². The minimum absolute atomic E-state index is 0.522. The van der Waals surface area contributed by atoms with Crippen molar-refractivity contribution < 1.29 is 4.74 Å². The zero-order valence-electron chi connectivity index (χ0n) is 10.9. The largest absolute Gasteiger partial charge is 0.381 e. The van der Waals surface area contributed by atoms with Crippen molar-refractivity contribution in [2.24, 2.45) is 0 Å². The van der Waals surface area contributed by atoms with Crippen LogP contribution < -0.4 is 5.32 Å². The Hall–Kier alpha value is -0.120. The fourth-order valence-corrected chi connectivity index (χ4v) is 3.31. The van der Waals surface area contributed by atoms with Crippen molar-refractivity contribution in [3.05, 3.63) is 0 Å². The molecule has 1 aliphatic carbocycles. The highest BCUT2D eigenvalue weighted by Crippen LogP contribution is 2.25. The van der Waals surface area contributed by atoms with Gasteiger partial charge >= 0.3 is 0 Å². The van der Waals surface area contributed by atoms with Gasteiger partial charge in [-0.3, -0.25) is 4.90 Å². The van der Waals surface area contributed by atoms with E-state index >= 15 is 0 Å². The molecule has 0 amide bonds. The monoisotopic (exact) mass is 226 g/mol. The zero-order chi connectivity index (χ0) is 11.5. The average molecular weight is 226 g/mol. The molecular weight excluding hydrogens is 200 g/mol. The Labute approximate surface area is 99.5 Å². The molecule has 0 spiro atoms. The number of ether oxygens (including phenoxy) is 1. The van der Waals surface area contributed by atoms with E-state index in [-0.39, 0.29) is 0 Å². The van der Waals surface area contributed by atoms with Gasteiger partial charge in [0.1, 0.15) is 0 Å². The highest BCUT2D eigenvalue weighted by atomic mass is 16.5. The lowest BCUT2D eigenvalue weighted by molar-refractivity contribution is 0.0268. The quantitative estimate of drug-likeness (QED) is 0.774. The lowest BCUT2D eigenvalue weighted by Crippen LogP contribution is -2.57. The van der Waals surface area contributed by atoms with Crippen LogP contribution in [0.5, 0.6) is 0 Å². The van der Waals surface area contributed by atoms with E-state index in [2.05, 4.69) is 24.1 Å². The first-order valence-electron chi connectivity index (χ1n) is 6.72. The van der Waals surface area contributed by atoms with Crippen LogP contribution in [0.1, 0.15) is 39.5 Å². The SMILES string of the molecule is COC1CCC(N2CC(C)NC(C)C2)CC1. The Kier molecular flexibility index (Phi) is 4.22. The van der Waals surface area contributed by atoms with Crippen LogP contribution in [0.4, 0.5) is 0 Å². The molecule has 94 valence electrons. The van der Waals surface area contributed by atoms with Gasteiger partial charge in [0, 0.05) is 38.3 Å². The van der Waals surface area contributed by atoms with Crippen molar-refractivity contribution in [1.82, 2.24) is 10.2 Å². The molecule has 0 aromatic rings. The van der Waals surface area contributed by atoms with E-state index in [0.29, 0.717) is 18.2 Å². The van der Waals surface area contributed by atoms with Crippen LogP contribution in [0, 0.1) is 0 Å². The third-order valence-electron chi connectivity index (χ3n) is 4.08. The van der Waals surface area contributed by atoms with E-state index in [9.17, 15) is 0 Å². The van der Waals surface area contributed by atoms with Gasteiger partial charge in [0.15, 0.2) is 0 Å². The van der Waals surface area contributed by atoms with Gasteiger partial charge in [-0.2, -0.15) is 0 Å². The number of nitrogens with one attached hydrogen (secondary N) is 1. The van der Waals surface area contributed by atoms with Gasteiger partial charge in [-0.25, -0.2) is 0 Å². The summed E-state index contributed by atoms with van der Waals surface area (Å²) in [5.74, 6) is 0. The van der Waals surface area contributed by atoms with Crippen molar-refractivity contribution in [1.29, 1.82) is 0 Å². The summed E-state index contributed by atoms with van der Waals surface area (Å²) in [7, 11) is 1.85. The second-order valence-electron chi connectivity index (χ2n) is 5.59. The Bertz CT molecular complexity index is 204. The summed E-state index contributed by atoms with van der Waals surface area (Å²) in [5.41, 5.74) is 0. The van der Waals surface area contributed by atoms with Crippen molar-refractivity contribution >= 4 is 0 Å². The third kappa shape index (κ3) is 2.96. The predicted molar refractivity (Wildman–Crippen MR) is 66.7 cm³/mol. The molecule has 0 aromatic carbocycles. The molecule has 0 aromatic heterocycles. The zero-order valence-corrected chi connectivity index (χ0v) is 10.9. The van der Waals surface area contributed by atoms with E-state index in [0.717, 1.165) is 6.04 Å². The van der Waals surface area contributed by atoms with Gasteiger partial charge in [0.05, 0.1) is 6.10 Å². The highest BCUT2D eigenvalue weighted by Gasteiger charge is 2.30. The van der Waals surface area contributed by atoms with Gasteiger partial charge in [-0.15, -0.1) is 0 Å². The lowest BCUT2D eigenvalue weighted by atomic mass is 9.90. The van der Waals surface area contributed by atoms with Crippen LogP contribution in [0.15, 0.2) is 0 Å². The van der Waals surface area contributed by atoms with Crippen molar-refractivity contribution in [3.8, 4) is 0 Å². The number of nitrogens with zero attached hydrogens (tertiary/aromatic N) is 1. The van der Waals surface area contributed by atoms with Crippen LogP contribution in [0.25, 0.3) is 0 Å². The number of hydrogen-bond donors (Lipinski definition) is 1. The maximum absolute atomic E-state index is 5.44. The molecular formula is C13H26N2O. The topological polar surface area (TPSA) is 24.5 Å². The molecule has 2 atom stereocenters. The first-order chi connectivity index (χ1) is 7.69. The molecule has 1 N–H and O–H groups in total. The smallest absolute Gasteiger partial charge is 0.0572 e. The molecule has 3 heteroatoms. The van der Waals surface area contributed by atoms with E-state index in [1.54, 1.807) is 0 Å². The lowest BCUT2D eigenvalue weighted by Gasteiger charge is -2.43. The predicted octanol–water partition coefficient (Wildman–Crippen LogP) is 1.63. The van der Waals surface area contributed by atoms with Crippen molar-refractivity contribution in [2.75, 3.05) is 20.2 Å². The fourth-order valence-electron chi connectivity index (χ4n) is 3.31. The Balaban J connectivity index is 1.83. The van der Waals surface area contributed by atoms with Gasteiger partial charge in [0.2, 0.25) is 0 Å². The number of piperazine rings is 1. The molecule has 1 saturated carbocycles. The molecule has 1 saturated heterocycles. The summed E-state index contributed by atoms with van der Waals surface area (Å²) in [4.78, 5) is 2.69. The van der Waals surface area contributed by atoms with E-state index in [1.807, 2.05) is 7.11 Å². The molecule has 2 aliphatic rings. The minimum atomic E-state index is 0.522. The van der Waals surface area contributed by atoms with Crippen LogP contribution >= 0.6 is 0 Å². The molecule has 0 radical (unpaired) electrons. The molecule has 0 bridgehead atoms. The normalized spacial score (nSPS) is 42.2. The first-order valence-corrected chi connectivity index (χ1v) is 6.72. The van der Waals surface area contributed by atoms with Gasteiger partial charge < -0.3 is 10.1 Å². The van der Waals surface area contributed by atoms with E-state index in [4.69, 9.17) is 4.74 Å². The Morgan fingerprint density at radius 2 is 1.56 bits per heavy atom. The maximum atomic E-state index is 5.44. The van der Waals surface area contributed by atoms with Crippen LogP contribution in [-0.4, -0.2) is 49.3 Å². The number of methoxy groups -OCH3 is 1. The molecule has 2 unspecified atom stereocenters. The van der Waals surface area contributed by atoms with Crippen LogP contribution in [-0.2, 0) is 4.74 Å². The standard InChI is InChI=1S/C13H26N2O/c1-10-8-15(9-11(2)14-10)12-4-6-13(16-3)7-5-12/h10-14H,4-9H2,1-3H3. The molecule has 3 nitrogen and oxygen atoms in total. The Morgan fingerprint density at radius 1 is 1.00 bits per heavy atom. The molecule has 1 aliphatic heterocycles. The van der Waals surface area contributed by atoms with E-state index < -0.39 is 0 Å². The molecule has 2 fully saturated rings. The second-order valence-corrected chi connectivity index (χ2v) is 5.59. The summed E-state index contributed by atoms with van der Waals surface area (Å²) in [6.07, 6.45) is 5.64. The van der Waals surface area contributed by atoms with Gasteiger partial charge in [-0.05, 0) is 39.5 Å². The Morgan fingerprint density at radius 3 is 2.06 bits per heavy atom. The molecule has 2 rings (SSSR count). The summed E-state index contributed by atoms with van der Waals surface area (Å²) in [5, 5.41) is 3.60. The fraction of sp³-hybridized carbons (Fsp3) is 1.00. The summed E-state index contributed by atoms with van der Waals surface area (Å²) >= 11 is 0. The summed E-state index contributed by atoms with van der Waals surface area (Å²) in [6.45, 7) is 7.02. The second kappa shape index (κ2) is 5.48. The third-order valence-corrected chi connectivity index (χ3v) is 4.08. The number of rotatable bonds is 2. The summed E-state index contributed by atoms with van der Waals surface area (Å²) in [6, 6.07) is 2.09. The average Bonchev–Trinajstić information content (AvgIpc) is 2.28. The molecule has 16 heavy (non-hydrogen) atoms. The van der Waals surface area contributed by atoms with Crippen LogP contribution in [0.3, 0.4) is 0 Å².